The molecule has 0 saturated heterocycles. The zero-order chi connectivity index (χ0) is 19.4. The second kappa shape index (κ2) is 8.02. The van der Waals surface area contributed by atoms with Gasteiger partial charge in [0.05, 0.1) is 19.1 Å². The number of carbonyl (C=O) groups is 3. The lowest BCUT2D eigenvalue weighted by Gasteiger charge is -2.40. The summed E-state index contributed by atoms with van der Waals surface area (Å²) in [5.74, 6) is -3.00. The molecule has 1 aliphatic rings. The molecule has 1 aliphatic carbocycles. The summed E-state index contributed by atoms with van der Waals surface area (Å²) in [6.45, 7) is 12.5. The fourth-order valence-corrected chi connectivity index (χ4v) is 3.04. The van der Waals surface area contributed by atoms with Gasteiger partial charge in [0.2, 0.25) is 0 Å². The monoisotopic (exact) mass is 354 g/mol. The lowest BCUT2D eigenvalue weighted by molar-refractivity contribution is -0.188. The first-order chi connectivity index (χ1) is 11.5. The van der Waals surface area contributed by atoms with Gasteiger partial charge in [-0.3, -0.25) is 14.4 Å². The van der Waals surface area contributed by atoms with Crippen LogP contribution in [-0.2, 0) is 28.6 Å². The third kappa shape index (κ3) is 4.61. The van der Waals surface area contributed by atoms with Crippen molar-refractivity contribution in [1.29, 1.82) is 0 Å². The highest BCUT2D eigenvalue weighted by Gasteiger charge is 2.60. The molecule has 0 saturated carbocycles. The minimum absolute atomic E-state index is 0.0976. The normalized spacial score (nSPS) is 20.0. The zero-order valence-electron chi connectivity index (χ0n) is 16.4. The molecule has 0 spiro atoms. The molecule has 0 amide bonds. The molecule has 0 aromatic rings. The molecule has 1 atom stereocenters. The molecule has 0 aromatic heterocycles. The van der Waals surface area contributed by atoms with Crippen LogP contribution in [0.5, 0.6) is 0 Å². The topological polar surface area (TPSA) is 78.9 Å². The van der Waals surface area contributed by atoms with Gasteiger partial charge in [-0.15, -0.1) is 0 Å². The van der Waals surface area contributed by atoms with Gasteiger partial charge in [0.1, 0.15) is 5.60 Å². The van der Waals surface area contributed by atoms with E-state index < -0.39 is 34.8 Å². The van der Waals surface area contributed by atoms with Gasteiger partial charge in [0.15, 0.2) is 5.41 Å². The molecule has 0 aromatic carbocycles. The molecule has 25 heavy (non-hydrogen) atoms. The van der Waals surface area contributed by atoms with Crippen molar-refractivity contribution in [3.8, 4) is 0 Å². The summed E-state index contributed by atoms with van der Waals surface area (Å²) in [6, 6.07) is 0. The predicted molar refractivity (Wildman–Crippen MR) is 92.6 cm³/mol. The number of hydrogen-bond donors (Lipinski definition) is 0. The number of ether oxygens (including phenoxy) is 3. The Labute approximate surface area is 149 Å². The van der Waals surface area contributed by atoms with Crippen molar-refractivity contribution in [1.82, 2.24) is 0 Å². The van der Waals surface area contributed by atoms with E-state index in [-0.39, 0.29) is 26.1 Å². The maximum atomic E-state index is 12.8. The maximum Gasteiger partial charge on any atom is 0.324 e. The number of rotatable bonds is 5. The number of hydrogen-bond acceptors (Lipinski definition) is 6. The standard InChI is InChI=1S/C19H30O6/c1-8-23-16(21)19(17(22)24-9-2)11-13(4)12(3)10-14(19)15(20)25-18(5,6)7/h14H,8-11H2,1-7H3. The smallest absolute Gasteiger partial charge is 0.324 e. The molecule has 0 aliphatic heterocycles. The Morgan fingerprint density at radius 2 is 1.48 bits per heavy atom. The van der Waals surface area contributed by atoms with Crippen molar-refractivity contribution in [2.45, 2.75) is 66.9 Å². The Kier molecular flexibility index (Phi) is 6.80. The van der Waals surface area contributed by atoms with Crippen LogP contribution in [0.15, 0.2) is 11.1 Å². The maximum absolute atomic E-state index is 12.8. The summed E-state index contributed by atoms with van der Waals surface area (Å²) in [4.78, 5) is 38.5. The van der Waals surface area contributed by atoms with Crippen molar-refractivity contribution >= 4 is 17.9 Å². The second-order valence-corrected chi connectivity index (χ2v) is 7.44. The number of carbonyl (C=O) groups excluding carboxylic acids is 3. The average Bonchev–Trinajstić information content (AvgIpc) is 2.48. The van der Waals surface area contributed by atoms with Crippen LogP contribution in [0.3, 0.4) is 0 Å². The molecular weight excluding hydrogens is 324 g/mol. The Balaban J connectivity index is 3.45. The van der Waals surface area contributed by atoms with E-state index in [1.807, 2.05) is 13.8 Å². The minimum Gasteiger partial charge on any atom is -0.465 e. The lowest BCUT2D eigenvalue weighted by atomic mass is 9.64. The van der Waals surface area contributed by atoms with Crippen LogP contribution in [0.25, 0.3) is 0 Å². The second-order valence-electron chi connectivity index (χ2n) is 7.44. The first kappa shape index (κ1) is 21.2. The van der Waals surface area contributed by atoms with Crippen LogP contribution in [0, 0.1) is 11.3 Å². The van der Waals surface area contributed by atoms with E-state index >= 15 is 0 Å². The Bertz CT molecular complexity index is 549. The molecule has 0 heterocycles. The van der Waals surface area contributed by atoms with E-state index in [0.29, 0.717) is 0 Å². The van der Waals surface area contributed by atoms with Gasteiger partial charge in [-0.2, -0.15) is 0 Å². The number of esters is 3. The van der Waals surface area contributed by atoms with Crippen LogP contribution >= 0.6 is 0 Å². The van der Waals surface area contributed by atoms with E-state index in [1.165, 1.54) is 0 Å². The molecule has 0 fully saturated rings. The van der Waals surface area contributed by atoms with Crippen LogP contribution in [-0.4, -0.2) is 36.7 Å². The quantitative estimate of drug-likeness (QED) is 0.326. The molecule has 1 rings (SSSR count). The molecular formula is C19H30O6. The Hall–Kier alpha value is -1.85. The van der Waals surface area contributed by atoms with Crippen molar-refractivity contribution in [3.63, 3.8) is 0 Å². The van der Waals surface area contributed by atoms with Gasteiger partial charge >= 0.3 is 17.9 Å². The third-order valence-electron chi connectivity index (χ3n) is 4.35. The van der Waals surface area contributed by atoms with Gasteiger partial charge < -0.3 is 14.2 Å². The summed E-state index contributed by atoms with van der Waals surface area (Å²) in [5, 5.41) is 0. The van der Waals surface area contributed by atoms with E-state index in [0.717, 1.165) is 11.1 Å². The molecule has 0 N–H and O–H groups in total. The Morgan fingerprint density at radius 3 is 1.88 bits per heavy atom. The summed E-state index contributed by atoms with van der Waals surface area (Å²) < 4.78 is 15.8. The fourth-order valence-electron chi connectivity index (χ4n) is 3.04. The van der Waals surface area contributed by atoms with E-state index in [2.05, 4.69) is 0 Å². The van der Waals surface area contributed by atoms with E-state index in [1.54, 1.807) is 34.6 Å². The Morgan fingerprint density at radius 1 is 1.00 bits per heavy atom. The van der Waals surface area contributed by atoms with Crippen LogP contribution in [0.1, 0.15) is 61.3 Å². The molecule has 6 heteroatoms. The highest BCUT2D eigenvalue weighted by Crippen LogP contribution is 2.47. The van der Waals surface area contributed by atoms with Crippen molar-refractivity contribution in [3.05, 3.63) is 11.1 Å². The van der Waals surface area contributed by atoms with Gasteiger partial charge in [-0.1, -0.05) is 11.1 Å². The highest BCUT2D eigenvalue weighted by atomic mass is 16.6. The van der Waals surface area contributed by atoms with Crippen molar-refractivity contribution < 1.29 is 28.6 Å². The predicted octanol–water partition coefficient (Wildman–Crippen LogP) is 3.19. The van der Waals surface area contributed by atoms with Gasteiger partial charge in [0.25, 0.3) is 0 Å². The van der Waals surface area contributed by atoms with Gasteiger partial charge in [0, 0.05) is 0 Å². The van der Waals surface area contributed by atoms with E-state index in [9.17, 15) is 14.4 Å². The summed E-state index contributed by atoms with van der Waals surface area (Å²) in [7, 11) is 0. The zero-order valence-corrected chi connectivity index (χ0v) is 16.4. The molecule has 0 radical (unpaired) electrons. The highest BCUT2D eigenvalue weighted by molar-refractivity contribution is 6.04. The van der Waals surface area contributed by atoms with E-state index in [4.69, 9.17) is 14.2 Å². The SMILES string of the molecule is CCOC(=O)C1(C(=O)OCC)CC(C)=C(C)CC1C(=O)OC(C)(C)C. The van der Waals surface area contributed by atoms with Crippen LogP contribution in [0.4, 0.5) is 0 Å². The number of allylic oxidation sites excluding steroid dienone is 2. The van der Waals surface area contributed by atoms with Gasteiger partial charge in [-0.25, -0.2) is 0 Å². The third-order valence-corrected chi connectivity index (χ3v) is 4.35. The van der Waals surface area contributed by atoms with Crippen molar-refractivity contribution in [2.75, 3.05) is 13.2 Å². The summed E-state index contributed by atoms with van der Waals surface area (Å²) >= 11 is 0. The van der Waals surface area contributed by atoms with Crippen molar-refractivity contribution in [2.24, 2.45) is 11.3 Å². The van der Waals surface area contributed by atoms with Gasteiger partial charge in [-0.05, 0) is 61.3 Å². The summed E-state index contributed by atoms with van der Waals surface area (Å²) in [5.41, 5.74) is -0.560. The van der Waals surface area contributed by atoms with Crippen LogP contribution < -0.4 is 0 Å². The first-order valence-electron chi connectivity index (χ1n) is 8.72. The minimum atomic E-state index is -1.70. The summed E-state index contributed by atoms with van der Waals surface area (Å²) in [6.07, 6.45) is 0.360. The molecule has 1 unspecified atom stereocenters. The molecule has 0 bridgehead atoms. The molecule has 142 valence electrons. The fraction of sp³-hybridized carbons (Fsp3) is 0.737. The average molecular weight is 354 g/mol. The van der Waals surface area contributed by atoms with Crippen LogP contribution in [0.2, 0.25) is 0 Å². The first-order valence-corrected chi connectivity index (χ1v) is 8.72. The largest absolute Gasteiger partial charge is 0.465 e. The molecule has 6 nitrogen and oxygen atoms in total. The lowest BCUT2D eigenvalue weighted by Crippen LogP contribution is -2.53.